The van der Waals surface area contributed by atoms with Crippen LogP contribution in [0.1, 0.15) is 24.8 Å². The molecular formula is C14H14FNO4. The van der Waals surface area contributed by atoms with Gasteiger partial charge in [-0.15, -0.1) is 0 Å². The highest BCUT2D eigenvalue weighted by atomic mass is 19.1. The van der Waals surface area contributed by atoms with Crippen molar-refractivity contribution >= 4 is 11.3 Å². The zero-order valence-electron chi connectivity index (χ0n) is 10.8. The molecule has 0 saturated carbocycles. The summed E-state index contributed by atoms with van der Waals surface area (Å²) in [5.41, 5.74) is 0.583. The molecule has 0 atom stereocenters. The Morgan fingerprint density at radius 3 is 2.65 bits per heavy atom. The van der Waals surface area contributed by atoms with Crippen LogP contribution in [0.5, 0.6) is 0 Å². The van der Waals surface area contributed by atoms with Crippen LogP contribution in [0.25, 0.3) is 5.57 Å². The molecule has 2 aliphatic rings. The average Bonchev–Trinajstić information content (AvgIpc) is 2.88. The highest BCUT2D eigenvalue weighted by Crippen LogP contribution is 2.39. The molecule has 20 heavy (non-hydrogen) atoms. The Bertz CT molecular complexity index is 579. The van der Waals surface area contributed by atoms with Crippen molar-refractivity contribution in [1.29, 1.82) is 0 Å². The van der Waals surface area contributed by atoms with Gasteiger partial charge in [0.15, 0.2) is 5.79 Å². The molecule has 1 aliphatic heterocycles. The number of nitro benzene ring substituents is 1. The van der Waals surface area contributed by atoms with E-state index >= 15 is 0 Å². The molecule has 106 valence electrons. The largest absolute Gasteiger partial charge is 0.347 e. The molecule has 1 aliphatic carbocycles. The van der Waals surface area contributed by atoms with Crippen molar-refractivity contribution in [1.82, 2.24) is 0 Å². The van der Waals surface area contributed by atoms with Crippen LogP contribution in [0, 0.1) is 15.9 Å². The number of ether oxygens (including phenoxy) is 2. The standard InChI is InChI=1S/C14H14FNO4/c15-13-11(2-1-3-12(13)16(17)18)10-4-6-14(7-5-10)19-8-9-20-14/h1-4H,5-9H2. The van der Waals surface area contributed by atoms with Gasteiger partial charge < -0.3 is 9.47 Å². The van der Waals surface area contributed by atoms with Gasteiger partial charge in [0.2, 0.25) is 5.82 Å². The van der Waals surface area contributed by atoms with Gasteiger partial charge in [0.1, 0.15) is 0 Å². The second-order valence-corrected chi connectivity index (χ2v) is 4.94. The number of hydrogen-bond donors (Lipinski definition) is 0. The fraction of sp³-hybridized carbons (Fsp3) is 0.429. The number of halogens is 1. The van der Waals surface area contributed by atoms with Crippen LogP contribution < -0.4 is 0 Å². The van der Waals surface area contributed by atoms with Crippen molar-refractivity contribution in [3.05, 3.63) is 45.8 Å². The molecule has 0 unspecified atom stereocenters. The fourth-order valence-corrected chi connectivity index (χ4v) is 2.72. The van der Waals surface area contributed by atoms with Crippen molar-refractivity contribution < 1.29 is 18.8 Å². The normalized spacial score (nSPS) is 20.9. The molecule has 1 saturated heterocycles. The van der Waals surface area contributed by atoms with Crippen LogP contribution in [-0.4, -0.2) is 23.9 Å². The van der Waals surface area contributed by atoms with E-state index < -0.39 is 22.2 Å². The van der Waals surface area contributed by atoms with Crippen LogP contribution in [-0.2, 0) is 9.47 Å². The highest BCUT2D eigenvalue weighted by molar-refractivity contribution is 5.69. The molecule has 1 heterocycles. The molecule has 0 radical (unpaired) electrons. The van der Waals surface area contributed by atoms with Crippen molar-refractivity contribution in [3.63, 3.8) is 0 Å². The monoisotopic (exact) mass is 279 g/mol. The van der Waals surface area contributed by atoms with Crippen LogP contribution in [0.2, 0.25) is 0 Å². The van der Waals surface area contributed by atoms with Gasteiger partial charge in [-0.05, 0) is 12.0 Å². The lowest BCUT2D eigenvalue weighted by Crippen LogP contribution is -2.31. The molecule has 1 spiro atoms. The number of allylic oxidation sites excluding steroid dienone is 1. The summed E-state index contributed by atoms with van der Waals surface area (Å²) in [6.07, 6.45) is 3.63. The lowest BCUT2D eigenvalue weighted by Gasteiger charge is -2.30. The Balaban J connectivity index is 1.89. The quantitative estimate of drug-likeness (QED) is 0.616. The number of nitrogens with zero attached hydrogens (tertiary/aromatic N) is 1. The summed E-state index contributed by atoms with van der Waals surface area (Å²) in [6.45, 7) is 1.16. The third kappa shape index (κ3) is 2.21. The van der Waals surface area contributed by atoms with Gasteiger partial charge in [-0.25, -0.2) is 0 Å². The summed E-state index contributed by atoms with van der Waals surface area (Å²) < 4.78 is 25.3. The zero-order chi connectivity index (χ0) is 14.2. The predicted octanol–water partition coefficient (Wildman–Crippen LogP) is 3.04. The van der Waals surface area contributed by atoms with E-state index in [1.54, 1.807) is 6.07 Å². The van der Waals surface area contributed by atoms with E-state index in [-0.39, 0.29) is 0 Å². The molecule has 0 N–H and O–H groups in total. The van der Waals surface area contributed by atoms with Gasteiger partial charge in [0, 0.05) is 24.5 Å². The van der Waals surface area contributed by atoms with E-state index in [2.05, 4.69) is 0 Å². The summed E-state index contributed by atoms with van der Waals surface area (Å²) in [6, 6.07) is 4.25. The first-order valence-corrected chi connectivity index (χ1v) is 6.51. The molecular weight excluding hydrogens is 265 g/mol. The highest BCUT2D eigenvalue weighted by Gasteiger charge is 2.38. The molecule has 6 heteroatoms. The second kappa shape index (κ2) is 4.96. The molecule has 1 aromatic rings. The Kier molecular flexibility index (Phi) is 3.27. The summed E-state index contributed by atoms with van der Waals surface area (Å²) in [4.78, 5) is 10.1. The maximum atomic E-state index is 14.1. The fourth-order valence-electron chi connectivity index (χ4n) is 2.72. The molecule has 0 amide bonds. The first kappa shape index (κ1) is 13.2. The van der Waals surface area contributed by atoms with Crippen LogP contribution >= 0.6 is 0 Å². The van der Waals surface area contributed by atoms with E-state index in [9.17, 15) is 14.5 Å². The van der Waals surface area contributed by atoms with Gasteiger partial charge in [0.05, 0.1) is 18.1 Å². The molecule has 5 nitrogen and oxygen atoms in total. The van der Waals surface area contributed by atoms with Crippen LogP contribution in [0.4, 0.5) is 10.1 Å². The molecule has 1 fully saturated rings. The van der Waals surface area contributed by atoms with Gasteiger partial charge >= 0.3 is 5.69 Å². The predicted molar refractivity (Wildman–Crippen MR) is 69.5 cm³/mol. The van der Waals surface area contributed by atoms with E-state index in [1.807, 2.05) is 6.08 Å². The van der Waals surface area contributed by atoms with Crippen molar-refractivity contribution in [3.8, 4) is 0 Å². The number of rotatable bonds is 2. The molecule has 0 bridgehead atoms. The van der Waals surface area contributed by atoms with E-state index in [0.717, 1.165) is 5.57 Å². The average molecular weight is 279 g/mol. The smallest absolute Gasteiger partial charge is 0.305 e. The zero-order valence-corrected chi connectivity index (χ0v) is 10.8. The minimum absolute atomic E-state index is 0.298. The van der Waals surface area contributed by atoms with E-state index in [0.29, 0.717) is 38.0 Å². The third-order valence-electron chi connectivity index (χ3n) is 3.77. The first-order valence-electron chi connectivity index (χ1n) is 6.51. The van der Waals surface area contributed by atoms with Crippen molar-refractivity contribution in [2.75, 3.05) is 13.2 Å². The molecule has 0 aromatic heterocycles. The van der Waals surface area contributed by atoms with E-state index in [1.165, 1.54) is 12.1 Å². The van der Waals surface area contributed by atoms with E-state index in [4.69, 9.17) is 9.47 Å². The Hall–Kier alpha value is -1.79. The van der Waals surface area contributed by atoms with Crippen molar-refractivity contribution in [2.24, 2.45) is 0 Å². The number of nitro groups is 1. The van der Waals surface area contributed by atoms with Gasteiger partial charge in [-0.2, -0.15) is 4.39 Å². The van der Waals surface area contributed by atoms with Crippen LogP contribution in [0.3, 0.4) is 0 Å². The maximum Gasteiger partial charge on any atom is 0.305 e. The third-order valence-corrected chi connectivity index (χ3v) is 3.77. The lowest BCUT2D eigenvalue weighted by molar-refractivity contribution is -0.387. The second-order valence-electron chi connectivity index (χ2n) is 4.94. The lowest BCUT2D eigenvalue weighted by atomic mass is 9.89. The topological polar surface area (TPSA) is 61.6 Å². The maximum absolute atomic E-state index is 14.1. The first-order chi connectivity index (χ1) is 9.61. The Labute approximate surface area is 115 Å². The van der Waals surface area contributed by atoms with Gasteiger partial charge in [-0.1, -0.05) is 18.2 Å². The Morgan fingerprint density at radius 2 is 2.05 bits per heavy atom. The summed E-state index contributed by atoms with van der Waals surface area (Å²) in [5.74, 6) is -1.34. The molecule has 3 rings (SSSR count). The van der Waals surface area contributed by atoms with Gasteiger partial charge in [0.25, 0.3) is 0 Å². The van der Waals surface area contributed by atoms with Crippen LogP contribution in [0.15, 0.2) is 24.3 Å². The number of benzene rings is 1. The minimum Gasteiger partial charge on any atom is -0.347 e. The summed E-state index contributed by atoms with van der Waals surface area (Å²) in [5, 5.41) is 10.8. The van der Waals surface area contributed by atoms with Gasteiger partial charge in [-0.3, -0.25) is 10.1 Å². The van der Waals surface area contributed by atoms with Crippen molar-refractivity contribution in [2.45, 2.75) is 25.0 Å². The number of hydrogen-bond acceptors (Lipinski definition) is 4. The minimum atomic E-state index is -0.770. The molecule has 1 aromatic carbocycles. The summed E-state index contributed by atoms with van der Waals surface area (Å²) in [7, 11) is 0. The summed E-state index contributed by atoms with van der Waals surface area (Å²) >= 11 is 0. The Morgan fingerprint density at radius 1 is 1.30 bits per heavy atom. The SMILES string of the molecule is O=[N+]([O-])c1cccc(C2=CCC3(CC2)OCCO3)c1F.